The van der Waals surface area contributed by atoms with Crippen molar-refractivity contribution in [2.45, 2.75) is 38.4 Å². The Balaban J connectivity index is 5.11. The van der Waals surface area contributed by atoms with E-state index in [-0.39, 0.29) is 12.8 Å². The van der Waals surface area contributed by atoms with E-state index in [4.69, 9.17) is 15.3 Å². The number of nitrogens with one attached hydrogen (secondary N) is 1. The van der Waals surface area contributed by atoms with Crippen LogP contribution < -0.4 is 5.32 Å². The van der Waals surface area contributed by atoms with Crippen molar-refractivity contribution < 1.29 is 44.0 Å². The van der Waals surface area contributed by atoms with Crippen molar-refractivity contribution in [2.24, 2.45) is 5.92 Å². The lowest BCUT2D eigenvalue weighted by molar-refractivity contribution is -0.142. The van der Waals surface area contributed by atoms with Crippen LogP contribution >= 0.6 is 7.37 Å². The Labute approximate surface area is 132 Å². The topological polar surface area (TPSA) is 178 Å². The molecule has 0 aliphatic heterocycles. The van der Waals surface area contributed by atoms with Crippen LogP contribution in [-0.4, -0.2) is 56.0 Å². The molecule has 0 heterocycles. The molecule has 0 aromatic rings. The largest absolute Gasteiger partial charge is 0.481 e. The van der Waals surface area contributed by atoms with Crippen molar-refractivity contribution in [1.82, 2.24) is 5.32 Å². The highest BCUT2D eigenvalue weighted by Crippen LogP contribution is 2.49. The molecule has 0 aliphatic rings. The van der Waals surface area contributed by atoms with Crippen LogP contribution in [0.4, 0.5) is 0 Å². The number of carbonyl (C=O) groups is 4. The summed E-state index contributed by atoms with van der Waals surface area (Å²) in [4.78, 5) is 53.3. The third-order valence-electron chi connectivity index (χ3n) is 3.03. The lowest BCUT2D eigenvalue weighted by Crippen LogP contribution is -2.35. The maximum absolute atomic E-state index is 12.4. The predicted octanol–water partition coefficient (Wildman–Crippen LogP) is 0.149. The van der Waals surface area contributed by atoms with Gasteiger partial charge in [-0.3, -0.25) is 23.7 Å². The monoisotopic (exact) mass is 353 g/mol. The SMILES string of the molecule is CC(=O)N[C@@H](CCC(=O)O)P(=O)(O)C[C@@H](CCC(=O)O)C(=O)O. The minimum absolute atomic E-state index is 0.339. The Kier molecular flexibility index (Phi) is 8.49. The first-order valence-corrected chi connectivity index (χ1v) is 8.62. The molecule has 0 fully saturated rings. The zero-order valence-corrected chi connectivity index (χ0v) is 13.4. The van der Waals surface area contributed by atoms with Gasteiger partial charge in [0.05, 0.1) is 5.92 Å². The van der Waals surface area contributed by atoms with E-state index in [2.05, 4.69) is 5.32 Å². The van der Waals surface area contributed by atoms with Gasteiger partial charge in [0.1, 0.15) is 5.78 Å². The van der Waals surface area contributed by atoms with Crippen LogP contribution in [-0.2, 0) is 23.7 Å². The summed E-state index contributed by atoms with van der Waals surface area (Å²) in [6, 6.07) is 0. The summed E-state index contributed by atoms with van der Waals surface area (Å²) < 4.78 is 12.4. The summed E-state index contributed by atoms with van der Waals surface area (Å²) in [6.45, 7) is 1.08. The molecule has 23 heavy (non-hydrogen) atoms. The van der Waals surface area contributed by atoms with E-state index in [0.717, 1.165) is 6.92 Å². The molecule has 3 atom stereocenters. The summed E-state index contributed by atoms with van der Waals surface area (Å²) in [5, 5.41) is 28.4. The molecule has 0 aromatic heterocycles. The normalized spacial score (nSPS) is 15.9. The molecule has 132 valence electrons. The van der Waals surface area contributed by atoms with E-state index in [0.29, 0.717) is 0 Å². The van der Waals surface area contributed by atoms with Crippen molar-refractivity contribution in [2.75, 3.05) is 6.16 Å². The highest BCUT2D eigenvalue weighted by Gasteiger charge is 2.36. The summed E-state index contributed by atoms with van der Waals surface area (Å²) >= 11 is 0. The van der Waals surface area contributed by atoms with Crippen LogP contribution in [0, 0.1) is 5.92 Å². The van der Waals surface area contributed by atoms with Gasteiger partial charge in [0.2, 0.25) is 13.3 Å². The minimum atomic E-state index is -4.25. The van der Waals surface area contributed by atoms with E-state index in [9.17, 15) is 28.6 Å². The third kappa shape index (κ3) is 8.94. The van der Waals surface area contributed by atoms with Gasteiger partial charge in [-0.25, -0.2) is 0 Å². The first-order valence-electron chi connectivity index (χ1n) is 6.70. The summed E-state index contributed by atoms with van der Waals surface area (Å²) in [5.74, 6) is -7.35. The zero-order chi connectivity index (χ0) is 18.2. The summed E-state index contributed by atoms with van der Waals surface area (Å²) in [6.07, 6.45) is -2.41. The molecular weight excluding hydrogens is 333 g/mol. The number of aliphatic carboxylic acids is 3. The third-order valence-corrected chi connectivity index (χ3v) is 5.35. The Bertz CT molecular complexity index is 519. The molecule has 5 N–H and O–H groups in total. The Morgan fingerprint density at radius 3 is 1.87 bits per heavy atom. The molecule has 0 rings (SSSR count). The molecule has 0 aliphatic carbocycles. The van der Waals surface area contributed by atoms with Gasteiger partial charge >= 0.3 is 17.9 Å². The summed E-state index contributed by atoms with van der Waals surface area (Å²) in [5.41, 5.74) is 0. The smallest absolute Gasteiger partial charge is 0.307 e. The second-order valence-corrected chi connectivity index (χ2v) is 7.55. The zero-order valence-electron chi connectivity index (χ0n) is 12.5. The first-order chi connectivity index (χ1) is 10.5. The number of hydrogen-bond acceptors (Lipinski definition) is 5. The van der Waals surface area contributed by atoms with Crippen LogP contribution in [0.2, 0.25) is 0 Å². The van der Waals surface area contributed by atoms with Gasteiger partial charge in [0.25, 0.3) is 0 Å². The Hall–Kier alpha value is -1.93. The van der Waals surface area contributed by atoms with Gasteiger partial charge in [-0.05, 0) is 12.8 Å². The van der Waals surface area contributed by atoms with Gasteiger partial charge in [0.15, 0.2) is 0 Å². The predicted molar refractivity (Wildman–Crippen MR) is 77.2 cm³/mol. The van der Waals surface area contributed by atoms with Crippen LogP contribution in [0.15, 0.2) is 0 Å². The van der Waals surface area contributed by atoms with Gasteiger partial charge in [0, 0.05) is 25.9 Å². The molecule has 10 nitrogen and oxygen atoms in total. The van der Waals surface area contributed by atoms with Crippen molar-refractivity contribution in [3.63, 3.8) is 0 Å². The van der Waals surface area contributed by atoms with Crippen LogP contribution in [0.3, 0.4) is 0 Å². The fourth-order valence-electron chi connectivity index (χ4n) is 1.90. The van der Waals surface area contributed by atoms with Crippen molar-refractivity contribution in [3.05, 3.63) is 0 Å². The van der Waals surface area contributed by atoms with Crippen molar-refractivity contribution in [3.8, 4) is 0 Å². The number of carbonyl (C=O) groups excluding carboxylic acids is 1. The van der Waals surface area contributed by atoms with Crippen LogP contribution in [0.25, 0.3) is 0 Å². The van der Waals surface area contributed by atoms with Gasteiger partial charge in [-0.1, -0.05) is 0 Å². The average molecular weight is 353 g/mol. The number of carboxylic acid groups (broad SMARTS) is 3. The van der Waals surface area contributed by atoms with Gasteiger partial charge in [-0.2, -0.15) is 0 Å². The molecule has 0 spiro atoms. The maximum atomic E-state index is 12.4. The molecule has 0 bridgehead atoms. The molecule has 1 amide bonds. The molecule has 0 saturated heterocycles. The molecular formula is C12H20NO9P. The van der Waals surface area contributed by atoms with E-state index in [1.54, 1.807) is 0 Å². The second-order valence-electron chi connectivity index (χ2n) is 5.05. The standard InChI is InChI=1S/C12H20NO9P/c1-7(14)13-9(3-5-11(17)18)23(21,22)6-8(12(19)20)2-4-10(15)16/h8-9H,2-6H2,1H3,(H,13,14)(H,15,16)(H,17,18)(H,19,20)(H,21,22)/t8-,9-/m1/s1. The number of rotatable bonds is 11. The van der Waals surface area contributed by atoms with Crippen molar-refractivity contribution in [1.29, 1.82) is 0 Å². The average Bonchev–Trinajstić information content (AvgIpc) is 2.38. The molecule has 0 saturated carbocycles. The van der Waals surface area contributed by atoms with E-state index in [1.165, 1.54) is 0 Å². The van der Waals surface area contributed by atoms with Gasteiger partial charge < -0.3 is 25.5 Å². The molecule has 1 unspecified atom stereocenters. The van der Waals surface area contributed by atoms with Crippen LogP contribution in [0.1, 0.15) is 32.6 Å². The number of carboxylic acids is 3. The minimum Gasteiger partial charge on any atom is -0.481 e. The summed E-state index contributed by atoms with van der Waals surface area (Å²) in [7, 11) is -4.25. The number of hydrogen-bond donors (Lipinski definition) is 5. The maximum Gasteiger partial charge on any atom is 0.307 e. The molecule has 0 radical (unpaired) electrons. The van der Waals surface area contributed by atoms with E-state index < -0.39 is 61.9 Å². The molecule has 0 aromatic carbocycles. The number of amides is 1. The van der Waals surface area contributed by atoms with E-state index >= 15 is 0 Å². The second kappa shape index (κ2) is 9.26. The highest BCUT2D eigenvalue weighted by atomic mass is 31.2. The Morgan fingerprint density at radius 1 is 1.00 bits per heavy atom. The lowest BCUT2D eigenvalue weighted by Gasteiger charge is -2.25. The fourth-order valence-corrected chi connectivity index (χ4v) is 4.04. The van der Waals surface area contributed by atoms with Gasteiger partial charge in [-0.15, -0.1) is 0 Å². The highest BCUT2D eigenvalue weighted by molar-refractivity contribution is 7.58. The lowest BCUT2D eigenvalue weighted by atomic mass is 10.1. The quantitative estimate of drug-likeness (QED) is 0.323. The first kappa shape index (κ1) is 21.1. The Morgan fingerprint density at radius 2 is 1.48 bits per heavy atom. The fraction of sp³-hybridized carbons (Fsp3) is 0.667. The van der Waals surface area contributed by atoms with Crippen LogP contribution in [0.5, 0.6) is 0 Å². The van der Waals surface area contributed by atoms with E-state index in [1.807, 2.05) is 0 Å². The molecule has 11 heteroatoms. The van der Waals surface area contributed by atoms with Crippen molar-refractivity contribution >= 4 is 31.2 Å².